The summed E-state index contributed by atoms with van der Waals surface area (Å²) in [5.41, 5.74) is 4.65. The minimum atomic E-state index is -3.42. The van der Waals surface area contributed by atoms with Gasteiger partial charge >= 0.3 is 0 Å². The molecule has 1 fully saturated rings. The zero-order valence-electron chi connectivity index (χ0n) is 23.6. The van der Waals surface area contributed by atoms with Gasteiger partial charge in [-0.2, -0.15) is 0 Å². The number of allylic oxidation sites excluding steroid dienone is 4. The summed E-state index contributed by atoms with van der Waals surface area (Å²) >= 11 is 0. The number of rotatable bonds is 15. The summed E-state index contributed by atoms with van der Waals surface area (Å²) in [5, 5.41) is 9.13. The molecule has 1 saturated heterocycles. The minimum Gasteiger partial charge on any atom is -0.392 e. The molecule has 0 bridgehead atoms. The highest BCUT2D eigenvalue weighted by molar-refractivity contribution is 7.91. The van der Waals surface area contributed by atoms with Crippen molar-refractivity contribution in [2.75, 3.05) is 19.0 Å². The van der Waals surface area contributed by atoms with Crippen LogP contribution in [0.5, 0.6) is 0 Å². The van der Waals surface area contributed by atoms with Crippen LogP contribution in [0.4, 0.5) is 0 Å². The lowest BCUT2D eigenvalue weighted by atomic mass is 9.98. The Morgan fingerprint density at radius 2 is 1.54 bits per heavy atom. The van der Waals surface area contributed by atoms with Crippen molar-refractivity contribution in [1.29, 1.82) is 0 Å². The normalized spacial score (nSPS) is 20.9. The molecule has 5 nitrogen and oxygen atoms in total. The van der Waals surface area contributed by atoms with Crippen LogP contribution in [0.3, 0.4) is 0 Å². The second kappa shape index (κ2) is 15.9. The zero-order valence-corrected chi connectivity index (χ0v) is 24.4. The molecule has 2 aromatic carbocycles. The average molecular weight is 553 g/mol. The Morgan fingerprint density at radius 1 is 0.923 bits per heavy atom. The lowest BCUT2D eigenvalue weighted by Crippen LogP contribution is -2.23. The molecule has 1 heterocycles. The summed E-state index contributed by atoms with van der Waals surface area (Å²) in [4.78, 5) is 0.359. The molecule has 0 unspecified atom stereocenters. The highest BCUT2D eigenvalue weighted by atomic mass is 32.2. The van der Waals surface area contributed by atoms with Crippen molar-refractivity contribution in [1.82, 2.24) is 0 Å². The largest absolute Gasteiger partial charge is 0.392 e. The van der Waals surface area contributed by atoms with Crippen LogP contribution < -0.4 is 0 Å². The Hall–Kier alpha value is -2.51. The SMILES string of the molecule is C/C(=C/CC/C(C)=C/CC/C(C)=C/[C@H]1O[C@@H](COCc2ccccc2)C[C@@H]1CS(=O)(=O)c1ccccc1)CO. The molecular weight excluding hydrogens is 508 g/mol. The molecule has 212 valence electrons. The van der Waals surface area contributed by atoms with E-state index < -0.39 is 9.84 Å². The van der Waals surface area contributed by atoms with E-state index in [2.05, 4.69) is 32.1 Å². The summed E-state index contributed by atoms with van der Waals surface area (Å²) in [7, 11) is -3.42. The highest BCUT2D eigenvalue weighted by Gasteiger charge is 2.37. The lowest BCUT2D eigenvalue weighted by molar-refractivity contribution is -0.00881. The lowest BCUT2D eigenvalue weighted by Gasteiger charge is -2.17. The molecule has 1 N–H and O–H groups in total. The van der Waals surface area contributed by atoms with Gasteiger partial charge in [0.2, 0.25) is 0 Å². The van der Waals surface area contributed by atoms with E-state index in [0.29, 0.717) is 24.5 Å². The van der Waals surface area contributed by atoms with Crippen molar-refractivity contribution in [2.45, 2.75) is 76.6 Å². The monoisotopic (exact) mass is 552 g/mol. The molecule has 0 spiro atoms. The summed E-state index contributed by atoms with van der Waals surface area (Å²) in [6.07, 6.45) is 10.5. The van der Waals surface area contributed by atoms with E-state index in [-0.39, 0.29) is 30.5 Å². The first-order valence-corrected chi connectivity index (χ1v) is 15.6. The van der Waals surface area contributed by atoms with Gasteiger partial charge in [0, 0.05) is 5.92 Å². The molecule has 1 aliphatic rings. The van der Waals surface area contributed by atoms with Gasteiger partial charge in [0.15, 0.2) is 9.84 Å². The molecular formula is C33H44O5S. The molecule has 0 aliphatic carbocycles. The maximum Gasteiger partial charge on any atom is 0.178 e. The molecule has 0 radical (unpaired) electrons. The molecule has 2 aromatic rings. The standard InChI is InChI=1S/C33H44O5S/c1-26(13-11-15-28(3)22-34)12-10-14-27(2)20-33-30(25-39(35,36)32-18-8-5-9-19-32)21-31(38-33)24-37-23-29-16-6-4-7-17-29/h4-9,12,15-20,30-31,33-34H,10-11,13-14,21-25H2,1-3H3/b26-12+,27-20+,28-15-/t30-,31-,33-/m1/s1. The van der Waals surface area contributed by atoms with Gasteiger partial charge in [-0.15, -0.1) is 0 Å². The number of hydrogen-bond acceptors (Lipinski definition) is 5. The van der Waals surface area contributed by atoms with Gasteiger partial charge in [0.25, 0.3) is 0 Å². The number of sulfone groups is 1. The van der Waals surface area contributed by atoms with Crippen molar-refractivity contribution in [3.05, 3.63) is 101 Å². The summed E-state index contributed by atoms with van der Waals surface area (Å²) in [5.74, 6) is -0.0743. The Bertz CT molecular complexity index is 1200. The average Bonchev–Trinajstić information content (AvgIpc) is 3.29. The Balaban J connectivity index is 1.61. The van der Waals surface area contributed by atoms with Crippen molar-refractivity contribution in [3.8, 4) is 0 Å². The van der Waals surface area contributed by atoms with Crippen molar-refractivity contribution >= 4 is 9.84 Å². The molecule has 1 aliphatic heterocycles. The predicted molar refractivity (Wildman–Crippen MR) is 158 cm³/mol. The third-order valence-electron chi connectivity index (χ3n) is 7.09. The molecule has 0 saturated carbocycles. The topological polar surface area (TPSA) is 72.8 Å². The van der Waals surface area contributed by atoms with E-state index in [1.54, 1.807) is 24.3 Å². The molecule has 39 heavy (non-hydrogen) atoms. The van der Waals surface area contributed by atoms with Gasteiger partial charge in [-0.05, 0) is 70.6 Å². The van der Waals surface area contributed by atoms with Gasteiger partial charge in [0.05, 0.1) is 42.7 Å². The Labute approximate surface area is 235 Å². The maximum absolute atomic E-state index is 13.2. The summed E-state index contributed by atoms with van der Waals surface area (Å²) in [6, 6.07) is 18.7. The maximum atomic E-state index is 13.2. The Morgan fingerprint density at radius 3 is 2.21 bits per heavy atom. The molecule has 0 aromatic heterocycles. The van der Waals surface area contributed by atoms with Crippen molar-refractivity contribution in [3.63, 3.8) is 0 Å². The number of ether oxygens (including phenoxy) is 2. The number of aliphatic hydroxyl groups excluding tert-OH is 1. The van der Waals surface area contributed by atoms with E-state index in [1.807, 2.05) is 43.3 Å². The van der Waals surface area contributed by atoms with E-state index >= 15 is 0 Å². The van der Waals surface area contributed by atoms with Gasteiger partial charge in [-0.1, -0.05) is 83.5 Å². The summed E-state index contributed by atoms with van der Waals surface area (Å²) in [6.45, 7) is 7.24. The quantitative estimate of drug-likeness (QED) is 0.245. The number of benzene rings is 2. The minimum absolute atomic E-state index is 0.0560. The molecule has 3 rings (SSSR count). The smallest absolute Gasteiger partial charge is 0.178 e. The fourth-order valence-electron chi connectivity index (χ4n) is 4.82. The fourth-order valence-corrected chi connectivity index (χ4v) is 6.47. The summed E-state index contributed by atoms with van der Waals surface area (Å²) < 4.78 is 38.7. The van der Waals surface area contributed by atoms with Crippen LogP contribution in [-0.2, 0) is 25.9 Å². The third-order valence-corrected chi connectivity index (χ3v) is 8.95. The predicted octanol–water partition coefficient (Wildman–Crippen LogP) is 6.84. The first-order valence-electron chi connectivity index (χ1n) is 13.9. The molecule has 6 heteroatoms. The van der Waals surface area contributed by atoms with E-state index in [1.165, 1.54) is 11.1 Å². The van der Waals surface area contributed by atoms with Crippen LogP contribution in [0.1, 0.15) is 58.4 Å². The first kappa shape index (κ1) is 31.0. The highest BCUT2D eigenvalue weighted by Crippen LogP contribution is 2.32. The van der Waals surface area contributed by atoms with Crippen LogP contribution in [0, 0.1) is 5.92 Å². The number of hydrogen-bond donors (Lipinski definition) is 1. The van der Waals surface area contributed by atoms with Crippen LogP contribution in [-0.4, -0.2) is 44.7 Å². The van der Waals surface area contributed by atoms with E-state index in [4.69, 9.17) is 14.6 Å². The van der Waals surface area contributed by atoms with Crippen molar-refractivity contribution in [2.24, 2.45) is 5.92 Å². The second-order valence-corrected chi connectivity index (χ2v) is 12.7. The fraction of sp³-hybridized carbons (Fsp3) is 0.455. The Kier molecular flexibility index (Phi) is 12.7. The van der Waals surface area contributed by atoms with Crippen LogP contribution in [0.15, 0.2) is 101 Å². The van der Waals surface area contributed by atoms with Gasteiger partial charge in [-0.25, -0.2) is 8.42 Å². The molecule has 0 amide bonds. The van der Waals surface area contributed by atoms with Crippen LogP contribution in [0.2, 0.25) is 0 Å². The van der Waals surface area contributed by atoms with Crippen LogP contribution in [0.25, 0.3) is 0 Å². The van der Waals surface area contributed by atoms with Gasteiger partial charge in [0.1, 0.15) is 0 Å². The van der Waals surface area contributed by atoms with E-state index in [0.717, 1.165) is 36.8 Å². The van der Waals surface area contributed by atoms with Crippen molar-refractivity contribution < 1.29 is 23.0 Å². The van der Waals surface area contributed by atoms with Crippen LogP contribution >= 0.6 is 0 Å². The van der Waals surface area contributed by atoms with Gasteiger partial charge in [-0.3, -0.25) is 0 Å². The second-order valence-electron chi connectivity index (χ2n) is 10.7. The molecule has 3 atom stereocenters. The van der Waals surface area contributed by atoms with Gasteiger partial charge < -0.3 is 14.6 Å². The third kappa shape index (κ3) is 10.9. The van der Waals surface area contributed by atoms with E-state index in [9.17, 15) is 8.42 Å². The number of aliphatic hydroxyl groups is 1. The first-order chi connectivity index (χ1) is 18.8. The zero-order chi connectivity index (χ0) is 28.1.